The molecular weight excluding hydrogens is 437 g/mol. The molecule has 5 nitrogen and oxygen atoms in total. The first-order chi connectivity index (χ1) is 9.88. The van der Waals surface area contributed by atoms with Crippen LogP contribution in [-0.4, -0.2) is 43.4 Å². The molecule has 0 bridgehead atoms. The largest absolute Gasteiger partial charge is 0.386 e. The van der Waals surface area contributed by atoms with Gasteiger partial charge in [-0.15, -0.1) is 35.3 Å². The van der Waals surface area contributed by atoms with Crippen molar-refractivity contribution in [3.8, 4) is 0 Å². The van der Waals surface area contributed by atoms with Gasteiger partial charge in [-0.05, 0) is 32.9 Å². The van der Waals surface area contributed by atoms with Crippen LogP contribution in [0.5, 0.6) is 0 Å². The maximum atomic E-state index is 10.1. The van der Waals surface area contributed by atoms with E-state index in [1.165, 1.54) is 11.3 Å². The predicted octanol–water partition coefficient (Wildman–Crippen LogP) is 3.03. The summed E-state index contributed by atoms with van der Waals surface area (Å²) in [6, 6.07) is 3.61. The Bertz CT molecular complexity index is 469. The van der Waals surface area contributed by atoms with Gasteiger partial charge >= 0.3 is 0 Å². The Hall–Kier alpha value is -0.0900. The normalized spacial score (nSPS) is 13.5. The first kappa shape index (κ1) is 21.9. The average molecular weight is 462 g/mol. The molecule has 0 radical (unpaired) electrons. The average Bonchev–Trinajstić information content (AvgIpc) is 2.88. The van der Waals surface area contributed by atoms with Crippen LogP contribution in [-0.2, 0) is 4.74 Å². The van der Waals surface area contributed by atoms with Gasteiger partial charge in [0.15, 0.2) is 5.96 Å². The fourth-order valence-electron chi connectivity index (χ4n) is 1.48. The number of guanidine groups is 1. The van der Waals surface area contributed by atoms with E-state index in [0.29, 0.717) is 23.4 Å². The van der Waals surface area contributed by atoms with E-state index >= 15 is 0 Å². The van der Waals surface area contributed by atoms with Crippen LogP contribution in [0.1, 0.15) is 31.8 Å². The van der Waals surface area contributed by atoms with Crippen molar-refractivity contribution in [3.05, 3.63) is 21.3 Å². The van der Waals surface area contributed by atoms with Crippen LogP contribution < -0.4 is 10.6 Å². The molecular formula is C14H25ClIN3O2S. The molecule has 0 aromatic carbocycles. The smallest absolute Gasteiger partial charge is 0.191 e. The Labute approximate surface area is 158 Å². The van der Waals surface area contributed by atoms with Gasteiger partial charge in [0.25, 0.3) is 0 Å². The van der Waals surface area contributed by atoms with Crippen molar-refractivity contribution >= 4 is 52.9 Å². The Balaban J connectivity index is 0.00000441. The summed E-state index contributed by atoms with van der Waals surface area (Å²) in [5, 5.41) is 16.4. The molecule has 1 atom stereocenters. The zero-order valence-corrected chi connectivity index (χ0v) is 17.3. The summed E-state index contributed by atoms with van der Waals surface area (Å²) in [7, 11) is 1.67. The number of nitrogens with zero attached hydrogens (tertiary/aromatic N) is 1. The number of aliphatic hydroxyl groups excluding tert-OH is 1. The molecule has 0 amide bonds. The SMILES string of the molecule is CCNC(=NCC(C)(C)OC)NCC(O)c1ccc(Cl)s1.I. The Morgan fingerprint density at radius 1 is 1.45 bits per heavy atom. The number of aliphatic hydroxyl groups is 1. The summed E-state index contributed by atoms with van der Waals surface area (Å²) in [5.41, 5.74) is -0.317. The van der Waals surface area contributed by atoms with E-state index in [0.717, 1.165) is 11.4 Å². The number of rotatable bonds is 7. The van der Waals surface area contributed by atoms with E-state index < -0.39 is 6.10 Å². The van der Waals surface area contributed by atoms with E-state index in [-0.39, 0.29) is 29.6 Å². The maximum absolute atomic E-state index is 10.1. The second-order valence-corrected chi connectivity index (χ2v) is 6.94. The van der Waals surface area contributed by atoms with Crippen molar-refractivity contribution in [3.63, 3.8) is 0 Å². The fraction of sp³-hybridized carbons (Fsp3) is 0.643. The first-order valence-electron chi connectivity index (χ1n) is 6.88. The molecule has 0 aliphatic heterocycles. The number of aliphatic imine (C=N–C) groups is 1. The molecule has 0 aliphatic carbocycles. The van der Waals surface area contributed by atoms with Gasteiger partial charge in [0, 0.05) is 25.1 Å². The number of methoxy groups -OCH3 is 1. The van der Waals surface area contributed by atoms with Gasteiger partial charge in [-0.25, -0.2) is 0 Å². The lowest BCUT2D eigenvalue weighted by Gasteiger charge is -2.21. The van der Waals surface area contributed by atoms with Crippen molar-refractivity contribution < 1.29 is 9.84 Å². The van der Waals surface area contributed by atoms with Crippen molar-refractivity contribution in [1.29, 1.82) is 0 Å². The second kappa shape index (κ2) is 10.6. The second-order valence-electron chi connectivity index (χ2n) is 5.20. The van der Waals surface area contributed by atoms with Gasteiger partial charge in [-0.1, -0.05) is 11.6 Å². The minimum atomic E-state index is -0.609. The molecule has 0 aliphatic rings. The monoisotopic (exact) mass is 461 g/mol. The van der Waals surface area contributed by atoms with Gasteiger partial charge in [-0.2, -0.15) is 0 Å². The molecule has 1 rings (SSSR count). The van der Waals surface area contributed by atoms with Crippen LogP contribution in [0.4, 0.5) is 0 Å². The zero-order valence-electron chi connectivity index (χ0n) is 13.4. The summed E-state index contributed by atoms with van der Waals surface area (Å²) in [6.45, 7) is 7.59. The first-order valence-corrected chi connectivity index (χ1v) is 8.08. The van der Waals surface area contributed by atoms with Crippen LogP contribution in [0.2, 0.25) is 4.34 Å². The number of thiophene rings is 1. The van der Waals surface area contributed by atoms with Crippen molar-refractivity contribution in [2.45, 2.75) is 32.5 Å². The molecule has 0 saturated carbocycles. The van der Waals surface area contributed by atoms with Gasteiger partial charge in [-0.3, -0.25) is 4.99 Å². The summed E-state index contributed by atoms with van der Waals surface area (Å²) in [5.74, 6) is 0.657. The number of hydrogen-bond acceptors (Lipinski definition) is 4. The van der Waals surface area contributed by atoms with Crippen molar-refractivity contribution in [2.75, 3.05) is 26.7 Å². The van der Waals surface area contributed by atoms with Crippen LogP contribution in [0.15, 0.2) is 17.1 Å². The van der Waals surface area contributed by atoms with Crippen LogP contribution >= 0.6 is 46.9 Å². The third-order valence-corrected chi connectivity index (χ3v) is 4.23. The standard InChI is InChI=1S/C14H24ClN3O2S.HI/c1-5-16-13(18-9-14(2,3)20-4)17-8-10(19)11-6-7-12(15)21-11;/h6-7,10,19H,5,8-9H2,1-4H3,(H2,16,17,18);1H. The molecule has 1 unspecified atom stereocenters. The minimum Gasteiger partial charge on any atom is -0.386 e. The Morgan fingerprint density at radius 2 is 2.14 bits per heavy atom. The zero-order chi connectivity index (χ0) is 15.9. The third-order valence-electron chi connectivity index (χ3n) is 2.90. The van der Waals surface area contributed by atoms with Gasteiger partial charge in [0.2, 0.25) is 0 Å². The van der Waals surface area contributed by atoms with Crippen molar-refractivity contribution in [2.24, 2.45) is 4.99 Å². The minimum absolute atomic E-state index is 0. The lowest BCUT2D eigenvalue weighted by Crippen LogP contribution is -2.40. The molecule has 1 aromatic rings. The quantitative estimate of drug-likeness (QED) is 0.332. The van der Waals surface area contributed by atoms with Gasteiger partial charge in [0.1, 0.15) is 6.10 Å². The lowest BCUT2D eigenvalue weighted by molar-refractivity contribution is 0.0310. The fourth-order valence-corrected chi connectivity index (χ4v) is 2.52. The molecule has 0 fully saturated rings. The molecule has 1 aromatic heterocycles. The number of nitrogens with one attached hydrogen (secondary N) is 2. The third kappa shape index (κ3) is 7.96. The lowest BCUT2D eigenvalue weighted by atomic mass is 10.1. The molecule has 22 heavy (non-hydrogen) atoms. The van der Waals surface area contributed by atoms with E-state index in [9.17, 15) is 5.11 Å². The summed E-state index contributed by atoms with van der Waals surface area (Å²) in [6.07, 6.45) is -0.609. The van der Waals surface area contributed by atoms with Crippen LogP contribution in [0.25, 0.3) is 0 Å². The molecule has 3 N–H and O–H groups in total. The highest BCUT2D eigenvalue weighted by Crippen LogP contribution is 2.26. The van der Waals surface area contributed by atoms with Crippen LogP contribution in [0.3, 0.4) is 0 Å². The van der Waals surface area contributed by atoms with Crippen LogP contribution in [0, 0.1) is 0 Å². The van der Waals surface area contributed by atoms with E-state index in [2.05, 4.69) is 15.6 Å². The highest BCUT2D eigenvalue weighted by atomic mass is 127. The topological polar surface area (TPSA) is 65.9 Å². The summed E-state index contributed by atoms with van der Waals surface area (Å²) >= 11 is 7.25. The van der Waals surface area contributed by atoms with E-state index in [1.54, 1.807) is 13.2 Å². The maximum Gasteiger partial charge on any atom is 0.191 e. The molecule has 0 spiro atoms. The van der Waals surface area contributed by atoms with E-state index in [1.807, 2.05) is 26.8 Å². The highest BCUT2D eigenvalue weighted by molar-refractivity contribution is 14.0. The number of hydrogen-bond donors (Lipinski definition) is 3. The molecule has 1 heterocycles. The molecule has 128 valence electrons. The number of halogens is 2. The van der Waals surface area contributed by atoms with Gasteiger partial charge in [0.05, 0.1) is 16.5 Å². The summed E-state index contributed by atoms with van der Waals surface area (Å²) < 4.78 is 6.01. The van der Waals surface area contributed by atoms with E-state index in [4.69, 9.17) is 16.3 Å². The Kier molecular flexibility index (Phi) is 10.6. The molecule has 8 heteroatoms. The van der Waals surface area contributed by atoms with Crippen molar-refractivity contribution in [1.82, 2.24) is 10.6 Å². The number of ether oxygens (including phenoxy) is 1. The summed E-state index contributed by atoms with van der Waals surface area (Å²) in [4.78, 5) is 5.30. The van der Waals surface area contributed by atoms with Gasteiger partial charge < -0.3 is 20.5 Å². The highest BCUT2D eigenvalue weighted by Gasteiger charge is 2.16. The molecule has 0 saturated heterocycles. The predicted molar refractivity (Wildman–Crippen MR) is 105 cm³/mol. The Morgan fingerprint density at radius 3 is 2.64 bits per heavy atom.